The minimum atomic E-state index is -0.203. The van der Waals surface area contributed by atoms with Gasteiger partial charge in [-0.15, -0.1) is 11.8 Å². The van der Waals surface area contributed by atoms with Gasteiger partial charge in [0, 0.05) is 30.3 Å². The lowest BCUT2D eigenvalue weighted by molar-refractivity contribution is -0.0264. The van der Waals surface area contributed by atoms with E-state index >= 15 is 0 Å². The Morgan fingerprint density at radius 3 is 2.83 bits per heavy atom. The molecule has 6 heteroatoms. The minimum Gasteiger partial charge on any atom is -0.362 e. The summed E-state index contributed by atoms with van der Waals surface area (Å²) >= 11 is 1.80. The molecule has 1 atom stereocenters. The molecule has 0 saturated carbocycles. The molecular formula is C24H30N4OS. The topological polar surface area (TPSA) is 67.2 Å². The molecule has 1 aliphatic rings. The Labute approximate surface area is 182 Å². The summed E-state index contributed by atoms with van der Waals surface area (Å²) in [4.78, 5) is 11.9. The van der Waals surface area contributed by atoms with Gasteiger partial charge < -0.3 is 20.4 Å². The molecular weight excluding hydrogens is 392 g/mol. The first-order valence-electron chi connectivity index (χ1n) is 10.6. The molecule has 2 heterocycles. The van der Waals surface area contributed by atoms with Gasteiger partial charge in [0.05, 0.1) is 17.1 Å². The molecule has 1 fully saturated rings. The van der Waals surface area contributed by atoms with Crippen LogP contribution in [0.2, 0.25) is 0 Å². The maximum Gasteiger partial charge on any atom is 0.141 e. The van der Waals surface area contributed by atoms with Gasteiger partial charge in [-0.05, 0) is 49.7 Å². The van der Waals surface area contributed by atoms with E-state index in [4.69, 9.17) is 15.5 Å². The van der Waals surface area contributed by atoms with E-state index in [1.807, 2.05) is 24.3 Å². The van der Waals surface area contributed by atoms with Crippen molar-refractivity contribution in [3.63, 3.8) is 0 Å². The number of likely N-dealkylation sites (tertiary alicyclic amines) is 1. The maximum absolute atomic E-state index is 6.68. The highest BCUT2D eigenvalue weighted by Gasteiger charge is 2.26. The molecule has 0 radical (unpaired) electrons. The Morgan fingerprint density at radius 2 is 2.03 bits per heavy atom. The lowest BCUT2D eigenvalue weighted by Gasteiger charge is -2.31. The number of thioether (sulfide) groups is 1. The van der Waals surface area contributed by atoms with Gasteiger partial charge in [0.25, 0.3) is 0 Å². The van der Waals surface area contributed by atoms with Crippen molar-refractivity contribution in [1.29, 1.82) is 0 Å². The predicted octanol–water partition coefficient (Wildman–Crippen LogP) is 4.37. The molecule has 2 aromatic carbocycles. The molecule has 3 N–H and O–H groups in total. The van der Waals surface area contributed by atoms with Crippen LogP contribution < -0.4 is 5.73 Å². The number of nitrogens with zero attached hydrogens (tertiary/aromatic N) is 2. The van der Waals surface area contributed by atoms with Gasteiger partial charge in [0.1, 0.15) is 11.9 Å². The third-order valence-corrected chi connectivity index (χ3v) is 6.41. The smallest absolute Gasteiger partial charge is 0.141 e. The van der Waals surface area contributed by atoms with Gasteiger partial charge in [0.15, 0.2) is 0 Å². The summed E-state index contributed by atoms with van der Waals surface area (Å²) < 4.78 is 6.68. The number of nitrogens with two attached hydrogens (primary N) is 1. The van der Waals surface area contributed by atoms with Gasteiger partial charge in [-0.25, -0.2) is 4.98 Å². The Kier molecular flexibility index (Phi) is 7.23. The van der Waals surface area contributed by atoms with Gasteiger partial charge in [0.2, 0.25) is 0 Å². The van der Waals surface area contributed by atoms with Crippen molar-refractivity contribution in [1.82, 2.24) is 14.9 Å². The van der Waals surface area contributed by atoms with E-state index in [1.165, 1.54) is 4.90 Å². The number of para-hydroxylation sites is 2. The zero-order valence-electron chi connectivity index (χ0n) is 17.5. The number of hydrogen-bond donors (Lipinski definition) is 2. The zero-order chi connectivity index (χ0) is 20.8. The van der Waals surface area contributed by atoms with Crippen molar-refractivity contribution >= 4 is 22.8 Å². The highest BCUT2D eigenvalue weighted by molar-refractivity contribution is 7.99. The van der Waals surface area contributed by atoms with Crippen molar-refractivity contribution in [3.8, 4) is 0 Å². The van der Waals surface area contributed by atoms with E-state index in [-0.39, 0.29) is 12.2 Å². The molecule has 3 aromatic rings. The number of rotatable bonds is 8. The quantitative estimate of drug-likeness (QED) is 0.417. The second-order valence-corrected chi connectivity index (χ2v) is 8.84. The molecule has 0 spiro atoms. The number of ether oxygens (including phenoxy) is 1. The summed E-state index contributed by atoms with van der Waals surface area (Å²) in [6.07, 6.45) is 6.24. The van der Waals surface area contributed by atoms with Gasteiger partial charge in [-0.1, -0.05) is 36.4 Å². The Morgan fingerprint density at radius 1 is 1.20 bits per heavy atom. The summed E-state index contributed by atoms with van der Waals surface area (Å²) in [6, 6.07) is 16.8. The second kappa shape index (κ2) is 10.3. The number of benzene rings is 2. The molecule has 0 aliphatic carbocycles. The van der Waals surface area contributed by atoms with Crippen molar-refractivity contribution in [3.05, 3.63) is 72.1 Å². The second-order valence-electron chi connectivity index (χ2n) is 7.75. The third kappa shape index (κ3) is 5.32. The summed E-state index contributed by atoms with van der Waals surface area (Å²) in [5, 5.41) is 0. The maximum atomic E-state index is 6.68. The Bertz CT molecular complexity index is 945. The number of aromatic nitrogens is 2. The molecule has 0 bridgehead atoms. The van der Waals surface area contributed by atoms with Crippen molar-refractivity contribution in [2.75, 3.05) is 32.4 Å². The predicted molar refractivity (Wildman–Crippen MR) is 125 cm³/mol. The van der Waals surface area contributed by atoms with E-state index in [1.54, 1.807) is 11.8 Å². The Balaban J connectivity index is 1.60. The number of hydrogen-bond acceptors (Lipinski definition) is 5. The number of nitrogens with one attached hydrogen (secondary N) is 1. The number of fused-ring (bicyclic) bond motifs is 1. The summed E-state index contributed by atoms with van der Waals surface area (Å²) in [7, 11) is 2.17. The van der Waals surface area contributed by atoms with Crippen LogP contribution in [0.15, 0.2) is 65.6 Å². The molecule has 158 valence electrons. The van der Waals surface area contributed by atoms with E-state index in [2.05, 4.69) is 53.3 Å². The van der Waals surface area contributed by atoms with Crippen LogP contribution in [0.3, 0.4) is 0 Å². The largest absolute Gasteiger partial charge is 0.362 e. The fourth-order valence-electron chi connectivity index (χ4n) is 3.79. The lowest BCUT2D eigenvalue weighted by Crippen LogP contribution is -2.35. The van der Waals surface area contributed by atoms with Crippen molar-refractivity contribution < 1.29 is 4.74 Å². The highest BCUT2D eigenvalue weighted by Crippen LogP contribution is 2.32. The van der Waals surface area contributed by atoms with Crippen molar-refractivity contribution in [2.24, 2.45) is 5.73 Å². The van der Waals surface area contributed by atoms with Crippen LogP contribution in [0.5, 0.6) is 0 Å². The van der Waals surface area contributed by atoms with Gasteiger partial charge in [-0.3, -0.25) is 0 Å². The molecule has 1 aromatic heterocycles. The molecule has 1 aliphatic heterocycles. The summed E-state index contributed by atoms with van der Waals surface area (Å²) in [6.45, 7) is 2.72. The van der Waals surface area contributed by atoms with Crippen LogP contribution in [0.4, 0.5) is 0 Å². The molecule has 1 saturated heterocycles. The van der Waals surface area contributed by atoms with E-state index in [9.17, 15) is 0 Å². The highest BCUT2D eigenvalue weighted by atomic mass is 32.2. The van der Waals surface area contributed by atoms with Crippen molar-refractivity contribution in [2.45, 2.75) is 29.9 Å². The van der Waals surface area contributed by atoms with E-state index < -0.39 is 0 Å². The standard InChI is InChI=1S/C24H30N4OS/c1-28-14-11-19(12-15-28)29-23(24-26-21-9-2-3-10-22(21)27-24)18-7-6-8-20(17-18)30-16-5-4-13-25/h2-10,17,19,23H,11-16,25H2,1H3,(H,26,27)/b5-4+. The van der Waals surface area contributed by atoms with E-state index in [0.717, 1.165) is 54.1 Å². The zero-order valence-corrected chi connectivity index (χ0v) is 18.3. The van der Waals surface area contributed by atoms with Crippen LogP contribution in [0, 0.1) is 0 Å². The molecule has 4 rings (SSSR count). The normalized spacial score (nSPS) is 17.1. The van der Waals surface area contributed by atoms with E-state index in [0.29, 0.717) is 6.54 Å². The summed E-state index contributed by atoms with van der Waals surface area (Å²) in [5.41, 5.74) is 8.70. The summed E-state index contributed by atoms with van der Waals surface area (Å²) in [5.74, 6) is 1.78. The third-order valence-electron chi connectivity index (χ3n) is 5.46. The average molecular weight is 423 g/mol. The fourth-order valence-corrected chi connectivity index (χ4v) is 4.61. The number of H-pyrrole nitrogens is 1. The SMILES string of the molecule is CN1CCC(OC(c2cccc(SC/C=C/CN)c2)c2nc3ccccc3[nH]2)CC1. The van der Waals surface area contributed by atoms with Gasteiger partial charge >= 0.3 is 0 Å². The molecule has 30 heavy (non-hydrogen) atoms. The fraction of sp³-hybridized carbons (Fsp3) is 0.375. The number of piperidine rings is 1. The number of imidazole rings is 1. The Hall–Kier alpha value is -2.12. The molecule has 0 amide bonds. The van der Waals surface area contributed by atoms with Gasteiger partial charge in [-0.2, -0.15) is 0 Å². The van der Waals surface area contributed by atoms with Crippen LogP contribution in [-0.4, -0.2) is 53.4 Å². The molecule has 5 nitrogen and oxygen atoms in total. The lowest BCUT2D eigenvalue weighted by atomic mass is 10.1. The van der Waals surface area contributed by atoms with Crippen LogP contribution in [-0.2, 0) is 4.74 Å². The minimum absolute atomic E-state index is 0.203. The van der Waals surface area contributed by atoms with Crippen LogP contribution in [0.25, 0.3) is 11.0 Å². The van der Waals surface area contributed by atoms with Crippen LogP contribution >= 0.6 is 11.8 Å². The first kappa shape index (κ1) is 21.1. The monoisotopic (exact) mass is 422 g/mol. The number of aromatic amines is 1. The van der Waals surface area contributed by atoms with Crippen LogP contribution in [0.1, 0.15) is 30.3 Å². The first-order valence-corrected chi connectivity index (χ1v) is 11.6. The first-order chi connectivity index (χ1) is 14.7. The average Bonchev–Trinajstić information content (AvgIpc) is 3.20. The molecule has 1 unspecified atom stereocenters.